The van der Waals surface area contributed by atoms with E-state index in [1.807, 2.05) is 24.8 Å². The predicted octanol–water partition coefficient (Wildman–Crippen LogP) is 2.67. The fraction of sp³-hybridized carbons (Fsp3) is 0.571. The second-order valence-electron chi connectivity index (χ2n) is 4.92. The molecule has 0 aromatic heterocycles. The Balaban J connectivity index is 1.67. The van der Waals surface area contributed by atoms with E-state index in [1.54, 1.807) is 0 Å². The zero-order valence-corrected chi connectivity index (χ0v) is 11.2. The number of thioether (sulfide) groups is 1. The van der Waals surface area contributed by atoms with E-state index in [9.17, 15) is 5.11 Å². The highest BCUT2D eigenvalue weighted by Gasteiger charge is 2.35. The van der Waals surface area contributed by atoms with Gasteiger partial charge in [-0.05, 0) is 38.3 Å². The Labute approximate surface area is 108 Å². The van der Waals surface area contributed by atoms with Gasteiger partial charge in [-0.3, -0.25) is 0 Å². The van der Waals surface area contributed by atoms with Gasteiger partial charge in [-0.1, -0.05) is 18.2 Å². The molecule has 0 spiro atoms. The van der Waals surface area contributed by atoms with E-state index >= 15 is 0 Å². The van der Waals surface area contributed by atoms with Gasteiger partial charge in [-0.25, -0.2) is 0 Å². The van der Waals surface area contributed by atoms with Gasteiger partial charge in [0.15, 0.2) is 0 Å². The van der Waals surface area contributed by atoms with Crippen LogP contribution in [0.15, 0.2) is 35.2 Å². The van der Waals surface area contributed by atoms with E-state index in [1.165, 1.54) is 4.90 Å². The van der Waals surface area contributed by atoms with Crippen molar-refractivity contribution in [2.24, 2.45) is 0 Å². The Morgan fingerprint density at radius 1 is 1.41 bits per heavy atom. The van der Waals surface area contributed by atoms with Gasteiger partial charge in [0.25, 0.3) is 0 Å². The van der Waals surface area contributed by atoms with Crippen molar-refractivity contribution in [3.63, 3.8) is 0 Å². The molecule has 3 heteroatoms. The normalized spacial score (nSPS) is 28.5. The highest BCUT2D eigenvalue weighted by Crippen LogP contribution is 2.29. The molecule has 0 saturated heterocycles. The lowest BCUT2D eigenvalue weighted by molar-refractivity contribution is 0.0401. The Bertz CT molecular complexity index is 339. The Morgan fingerprint density at radius 3 is 2.82 bits per heavy atom. The molecule has 2 rings (SSSR count). The third-order valence-electron chi connectivity index (χ3n) is 3.43. The molecular weight excluding hydrogens is 230 g/mol. The van der Waals surface area contributed by atoms with Crippen LogP contribution in [0.3, 0.4) is 0 Å². The first-order valence-corrected chi connectivity index (χ1v) is 7.31. The molecule has 1 fully saturated rings. The molecule has 94 valence electrons. The van der Waals surface area contributed by atoms with Gasteiger partial charge in [0.1, 0.15) is 0 Å². The minimum absolute atomic E-state index is 0.277. The topological polar surface area (TPSA) is 32.3 Å². The number of benzene rings is 1. The van der Waals surface area contributed by atoms with Crippen LogP contribution in [0.25, 0.3) is 0 Å². The highest BCUT2D eigenvalue weighted by molar-refractivity contribution is 7.99. The fourth-order valence-corrected chi connectivity index (χ4v) is 3.20. The van der Waals surface area contributed by atoms with Crippen molar-refractivity contribution in [1.82, 2.24) is 5.32 Å². The van der Waals surface area contributed by atoms with Gasteiger partial charge in [-0.15, -0.1) is 11.8 Å². The molecule has 17 heavy (non-hydrogen) atoms. The van der Waals surface area contributed by atoms with Crippen molar-refractivity contribution in [1.29, 1.82) is 0 Å². The minimum atomic E-state index is -0.503. The maximum absolute atomic E-state index is 10.1. The maximum atomic E-state index is 10.1. The molecule has 1 aliphatic carbocycles. The third kappa shape index (κ3) is 3.73. The summed E-state index contributed by atoms with van der Waals surface area (Å²) in [5, 5.41) is 13.6. The first-order valence-electron chi connectivity index (χ1n) is 6.32. The molecule has 2 N–H and O–H groups in total. The molecule has 1 aliphatic rings. The van der Waals surface area contributed by atoms with Gasteiger partial charge in [-0.2, -0.15) is 0 Å². The van der Waals surface area contributed by atoms with Crippen LogP contribution in [0.5, 0.6) is 0 Å². The van der Waals surface area contributed by atoms with Gasteiger partial charge in [0, 0.05) is 23.2 Å². The molecule has 1 aromatic rings. The lowest BCUT2D eigenvalue weighted by Crippen LogP contribution is -2.45. The Hall–Kier alpha value is -0.510. The predicted molar refractivity (Wildman–Crippen MR) is 73.4 cm³/mol. The third-order valence-corrected chi connectivity index (χ3v) is 4.44. The molecule has 0 bridgehead atoms. The van der Waals surface area contributed by atoms with Crippen molar-refractivity contribution < 1.29 is 5.11 Å². The lowest BCUT2D eigenvalue weighted by atomic mass is 10.0. The van der Waals surface area contributed by atoms with E-state index in [0.29, 0.717) is 0 Å². The van der Waals surface area contributed by atoms with Crippen LogP contribution in [-0.4, -0.2) is 29.0 Å². The largest absolute Gasteiger partial charge is 0.389 e. The van der Waals surface area contributed by atoms with Crippen molar-refractivity contribution in [2.45, 2.75) is 42.7 Å². The zero-order valence-electron chi connectivity index (χ0n) is 10.4. The fourth-order valence-electron chi connectivity index (χ4n) is 2.39. The summed E-state index contributed by atoms with van der Waals surface area (Å²) in [7, 11) is 0. The number of rotatable bonds is 5. The molecule has 2 unspecified atom stereocenters. The molecule has 2 atom stereocenters. The van der Waals surface area contributed by atoms with Crippen LogP contribution in [-0.2, 0) is 0 Å². The molecule has 2 nitrogen and oxygen atoms in total. The monoisotopic (exact) mass is 251 g/mol. The summed E-state index contributed by atoms with van der Waals surface area (Å²) < 4.78 is 0. The van der Waals surface area contributed by atoms with Crippen molar-refractivity contribution in [3.8, 4) is 0 Å². The van der Waals surface area contributed by atoms with Gasteiger partial charge < -0.3 is 10.4 Å². The average molecular weight is 251 g/mol. The summed E-state index contributed by atoms with van der Waals surface area (Å²) >= 11 is 1.86. The van der Waals surface area contributed by atoms with E-state index < -0.39 is 5.60 Å². The molecule has 0 aliphatic heterocycles. The molecule has 0 heterocycles. The standard InChI is InChI=1S/C14H21NOS/c1-14(16)9-5-8-13(14)15-10-11-17-12-6-3-2-4-7-12/h2-4,6-7,13,15-16H,5,8-11H2,1H3. The van der Waals surface area contributed by atoms with Crippen molar-refractivity contribution in [3.05, 3.63) is 30.3 Å². The summed E-state index contributed by atoms with van der Waals surface area (Å²) in [5.74, 6) is 1.05. The molecular formula is C14H21NOS. The van der Waals surface area contributed by atoms with Gasteiger partial charge >= 0.3 is 0 Å². The van der Waals surface area contributed by atoms with Gasteiger partial charge in [0.2, 0.25) is 0 Å². The zero-order chi connectivity index (χ0) is 12.1. The van der Waals surface area contributed by atoms with Gasteiger partial charge in [0.05, 0.1) is 5.60 Å². The Kier molecular flexibility index (Phi) is 4.48. The summed E-state index contributed by atoms with van der Waals surface area (Å²) in [6.07, 6.45) is 3.16. The quantitative estimate of drug-likeness (QED) is 0.623. The summed E-state index contributed by atoms with van der Waals surface area (Å²) in [4.78, 5) is 1.31. The average Bonchev–Trinajstić information content (AvgIpc) is 2.66. The Morgan fingerprint density at radius 2 is 2.18 bits per heavy atom. The second kappa shape index (κ2) is 5.89. The molecule has 1 aromatic carbocycles. The van der Waals surface area contributed by atoms with Crippen LogP contribution in [0.2, 0.25) is 0 Å². The van der Waals surface area contributed by atoms with E-state index in [-0.39, 0.29) is 6.04 Å². The number of nitrogens with one attached hydrogen (secondary N) is 1. The maximum Gasteiger partial charge on any atom is 0.0772 e. The van der Waals surface area contributed by atoms with Crippen LogP contribution < -0.4 is 5.32 Å². The minimum Gasteiger partial charge on any atom is -0.389 e. The number of hydrogen-bond donors (Lipinski definition) is 2. The highest BCUT2D eigenvalue weighted by atomic mass is 32.2. The smallest absolute Gasteiger partial charge is 0.0772 e. The van der Waals surface area contributed by atoms with E-state index in [2.05, 4.69) is 29.6 Å². The lowest BCUT2D eigenvalue weighted by Gasteiger charge is -2.26. The number of aliphatic hydroxyl groups is 1. The number of hydrogen-bond acceptors (Lipinski definition) is 3. The van der Waals surface area contributed by atoms with Crippen molar-refractivity contribution in [2.75, 3.05) is 12.3 Å². The van der Waals surface area contributed by atoms with Crippen LogP contribution in [0.4, 0.5) is 0 Å². The van der Waals surface area contributed by atoms with Crippen LogP contribution in [0.1, 0.15) is 26.2 Å². The summed E-state index contributed by atoms with van der Waals surface area (Å²) in [5.41, 5.74) is -0.503. The summed E-state index contributed by atoms with van der Waals surface area (Å²) in [6, 6.07) is 10.7. The van der Waals surface area contributed by atoms with Crippen LogP contribution >= 0.6 is 11.8 Å². The van der Waals surface area contributed by atoms with E-state index in [4.69, 9.17) is 0 Å². The second-order valence-corrected chi connectivity index (χ2v) is 6.09. The van der Waals surface area contributed by atoms with Crippen LogP contribution in [0, 0.1) is 0 Å². The first-order chi connectivity index (χ1) is 8.18. The summed E-state index contributed by atoms with van der Waals surface area (Å²) in [6.45, 7) is 2.91. The SMILES string of the molecule is CC1(O)CCCC1NCCSc1ccccc1. The van der Waals surface area contributed by atoms with Crippen molar-refractivity contribution >= 4 is 11.8 Å². The molecule has 0 radical (unpaired) electrons. The first kappa shape index (κ1) is 12.9. The molecule has 1 saturated carbocycles. The van der Waals surface area contributed by atoms with E-state index in [0.717, 1.165) is 31.6 Å². The molecule has 0 amide bonds.